The molecule has 2 aromatic rings. The molecule has 116 valence electrons. The number of thiophene rings is 1. The summed E-state index contributed by atoms with van der Waals surface area (Å²) in [6.45, 7) is 4.99. The molecule has 4 heterocycles. The van der Waals surface area contributed by atoms with Crippen molar-refractivity contribution in [2.45, 2.75) is 31.7 Å². The predicted octanol–water partition coefficient (Wildman–Crippen LogP) is 3.17. The Hall–Kier alpha value is -1.46. The molecule has 2 aromatic heterocycles. The summed E-state index contributed by atoms with van der Waals surface area (Å²) in [7, 11) is 2.26. The van der Waals surface area contributed by atoms with E-state index in [2.05, 4.69) is 29.0 Å². The van der Waals surface area contributed by atoms with Gasteiger partial charge in [0.15, 0.2) is 5.78 Å². The van der Waals surface area contributed by atoms with Gasteiger partial charge >= 0.3 is 0 Å². The molecule has 0 amide bonds. The number of nitrogens with zero attached hydrogens (tertiary/aromatic N) is 3. The van der Waals surface area contributed by atoms with Crippen molar-refractivity contribution in [1.82, 2.24) is 9.88 Å². The lowest BCUT2D eigenvalue weighted by Crippen LogP contribution is -2.43. The fourth-order valence-corrected chi connectivity index (χ4v) is 4.82. The zero-order valence-corrected chi connectivity index (χ0v) is 13.9. The number of fused-ring (bicyclic) bond motifs is 1. The van der Waals surface area contributed by atoms with E-state index in [0.717, 1.165) is 34.0 Å². The number of carbonyl (C=O) groups is 1. The van der Waals surface area contributed by atoms with E-state index in [0.29, 0.717) is 5.54 Å². The Balaban J connectivity index is 1.63. The number of aromatic nitrogens is 1. The van der Waals surface area contributed by atoms with Crippen molar-refractivity contribution >= 4 is 33.2 Å². The van der Waals surface area contributed by atoms with Crippen LogP contribution in [0.2, 0.25) is 0 Å². The predicted molar refractivity (Wildman–Crippen MR) is 91.0 cm³/mol. The highest BCUT2D eigenvalue weighted by atomic mass is 32.1. The quantitative estimate of drug-likeness (QED) is 0.798. The highest BCUT2D eigenvalue weighted by Crippen LogP contribution is 2.38. The van der Waals surface area contributed by atoms with Gasteiger partial charge in [-0.1, -0.05) is 0 Å². The molecule has 22 heavy (non-hydrogen) atoms. The molecule has 4 rings (SSSR count). The van der Waals surface area contributed by atoms with Crippen LogP contribution in [-0.4, -0.2) is 47.9 Å². The SMILES string of the molecule is CC(=O)c1cc2ccc(N3CC[C@@]4(CCCN4C)C3)nc2s1. The number of ketones is 1. The number of likely N-dealkylation sites (N-methyl/N-ethyl adjacent to an activating group) is 1. The Morgan fingerprint density at radius 3 is 2.91 bits per heavy atom. The smallest absolute Gasteiger partial charge is 0.169 e. The number of pyridine rings is 1. The molecule has 0 bridgehead atoms. The first-order chi connectivity index (χ1) is 10.6. The fraction of sp³-hybridized carbons (Fsp3) is 0.529. The third kappa shape index (κ3) is 2.15. The van der Waals surface area contributed by atoms with E-state index in [1.54, 1.807) is 6.92 Å². The van der Waals surface area contributed by atoms with Crippen LogP contribution < -0.4 is 4.90 Å². The minimum atomic E-state index is 0.122. The summed E-state index contributed by atoms with van der Waals surface area (Å²) in [5.41, 5.74) is 0.358. The van der Waals surface area contributed by atoms with E-state index in [-0.39, 0.29) is 5.78 Å². The third-order valence-electron chi connectivity index (χ3n) is 5.32. The standard InChI is InChI=1S/C17H21N3OS/c1-12(21)14-10-13-4-5-15(18-16(13)22-14)20-9-7-17(11-20)6-3-8-19(17)2/h4-5,10H,3,6-9,11H2,1-2H3/t17-/m0/s1. The molecule has 0 N–H and O–H groups in total. The maximum absolute atomic E-state index is 11.5. The van der Waals surface area contributed by atoms with E-state index >= 15 is 0 Å². The first-order valence-electron chi connectivity index (χ1n) is 7.95. The molecule has 0 saturated carbocycles. The largest absolute Gasteiger partial charge is 0.355 e. The van der Waals surface area contributed by atoms with Gasteiger partial charge in [-0.2, -0.15) is 0 Å². The maximum atomic E-state index is 11.5. The molecule has 1 spiro atoms. The number of anilines is 1. The molecule has 0 radical (unpaired) electrons. The van der Waals surface area contributed by atoms with Gasteiger partial charge in [-0.15, -0.1) is 11.3 Å². The van der Waals surface area contributed by atoms with Crippen LogP contribution in [-0.2, 0) is 0 Å². The first kappa shape index (κ1) is 14.2. The Labute approximate surface area is 134 Å². The van der Waals surface area contributed by atoms with Gasteiger partial charge in [-0.3, -0.25) is 9.69 Å². The second-order valence-electron chi connectivity index (χ2n) is 6.65. The highest BCUT2D eigenvalue weighted by molar-refractivity contribution is 7.20. The molecule has 0 unspecified atom stereocenters. The average Bonchev–Trinajstić information content (AvgIpc) is 3.19. The minimum absolute atomic E-state index is 0.122. The van der Waals surface area contributed by atoms with Gasteiger partial charge < -0.3 is 4.90 Å². The summed E-state index contributed by atoms with van der Waals surface area (Å²) in [4.78, 5) is 23.1. The normalized spacial score (nSPS) is 25.6. The van der Waals surface area contributed by atoms with Crippen molar-refractivity contribution in [3.63, 3.8) is 0 Å². The van der Waals surface area contributed by atoms with E-state index in [1.807, 2.05) is 6.07 Å². The summed E-state index contributed by atoms with van der Waals surface area (Å²) in [6, 6.07) is 6.16. The zero-order valence-electron chi connectivity index (χ0n) is 13.1. The van der Waals surface area contributed by atoms with Crippen LogP contribution in [0.15, 0.2) is 18.2 Å². The molecule has 5 heteroatoms. The van der Waals surface area contributed by atoms with Crippen molar-refractivity contribution in [3.8, 4) is 0 Å². The topological polar surface area (TPSA) is 36.4 Å². The summed E-state index contributed by atoms with van der Waals surface area (Å²) in [5.74, 6) is 1.18. The average molecular weight is 315 g/mol. The van der Waals surface area contributed by atoms with Crippen molar-refractivity contribution in [3.05, 3.63) is 23.1 Å². The van der Waals surface area contributed by atoms with Gasteiger partial charge in [-0.05, 0) is 58.0 Å². The Bertz CT molecular complexity index is 741. The van der Waals surface area contributed by atoms with Crippen LogP contribution in [0.1, 0.15) is 35.9 Å². The van der Waals surface area contributed by atoms with Crippen LogP contribution in [0.25, 0.3) is 10.2 Å². The van der Waals surface area contributed by atoms with Crippen molar-refractivity contribution < 1.29 is 4.79 Å². The van der Waals surface area contributed by atoms with Crippen LogP contribution in [0, 0.1) is 0 Å². The highest BCUT2D eigenvalue weighted by Gasteiger charge is 2.44. The van der Waals surface area contributed by atoms with E-state index in [1.165, 1.54) is 37.1 Å². The molecule has 4 nitrogen and oxygen atoms in total. The number of carbonyl (C=O) groups excluding carboxylic acids is 1. The molecule has 0 aromatic carbocycles. The zero-order chi connectivity index (χ0) is 15.3. The lowest BCUT2D eigenvalue weighted by Gasteiger charge is -2.32. The van der Waals surface area contributed by atoms with E-state index in [4.69, 9.17) is 4.98 Å². The molecular formula is C17H21N3OS. The molecule has 1 atom stereocenters. The second-order valence-corrected chi connectivity index (χ2v) is 7.68. The van der Waals surface area contributed by atoms with Crippen LogP contribution >= 0.6 is 11.3 Å². The first-order valence-corrected chi connectivity index (χ1v) is 8.77. The summed E-state index contributed by atoms with van der Waals surface area (Å²) >= 11 is 1.50. The molecule has 2 fully saturated rings. The summed E-state index contributed by atoms with van der Waals surface area (Å²) in [5, 5.41) is 1.07. The van der Waals surface area contributed by atoms with Gasteiger partial charge in [0.2, 0.25) is 0 Å². The van der Waals surface area contributed by atoms with Gasteiger partial charge in [-0.25, -0.2) is 4.98 Å². The van der Waals surface area contributed by atoms with Gasteiger partial charge in [0, 0.05) is 24.0 Å². The molecule has 2 aliphatic heterocycles. The number of Topliss-reactive ketones (excluding diaryl/α,β-unsaturated/α-hetero) is 1. The molecule has 0 aliphatic carbocycles. The number of rotatable bonds is 2. The van der Waals surface area contributed by atoms with Crippen molar-refractivity contribution in [2.75, 3.05) is 31.6 Å². The molecule has 2 aliphatic rings. The van der Waals surface area contributed by atoms with E-state index < -0.39 is 0 Å². The molecule has 2 saturated heterocycles. The van der Waals surface area contributed by atoms with Crippen LogP contribution in [0.4, 0.5) is 5.82 Å². The maximum Gasteiger partial charge on any atom is 0.169 e. The molecular weight excluding hydrogens is 294 g/mol. The number of hydrogen-bond donors (Lipinski definition) is 0. The van der Waals surface area contributed by atoms with Crippen LogP contribution in [0.5, 0.6) is 0 Å². The van der Waals surface area contributed by atoms with Crippen LogP contribution in [0.3, 0.4) is 0 Å². The van der Waals surface area contributed by atoms with Gasteiger partial charge in [0.1, 0.15) is 10.6 Å². The van der Waals surface area contributed by atoms with Crippen molar-refractivity contribution in [2.24, 2.45) is 0 Å². The third-order valence-corrected chi connectivity index (χ3v) is 6.46. The van der Waals surface area contributed by atoms with Crippen molar-refractivity contribution in [1.29, 1.82) is 0 Å². The number of hydrogen-bond acceptors (Lipinski definition) is 5. The Morgan fingerprint density at radius 2 is 2.18 bits per heavy atom. The monoisotopic (exact) mass is 315 g/mol. The minimum Gasteiger partial charge on any atom is -0.355 e. The second kappa shape index (κ2) is 5.03. The summed E-state index contributed by atoms with van der Waals surface area (Å²) < 4.78 is 0. The van der Waals surface area contributed by atoms with E-state index in [9.17, 15) is 4.79 Å². The fourth-order valence-electron chi connectivity index (χ4n) is 3.90. The Kier molecular flexibility index (Phi) is 3.24. The number of likely N-dealkylation sites (tertiary alicyclic amines) is 1. The van der Waals surface area contributed by atoms with Gasteiger partial charge in [0.05, 0.1) is 4.88 Å². The van der Waals surface area contributed by atoms with Gasteiger partial charge in [0.25, 0.3) is 0 Å². The lowest BCUT2D eigenvalue weighted by atomic mass is 9.96. The summed E-state index contributed by atoms with van der Waals surface area (Å²) in [6.07, 6.45) is 3.84. The Morgan fingerprint density at radius 1 is 1.32 bits per heavy atom. The lowest BCUT2D eigenvalue weighted by molar-refractivity contribution is 0.102.